The van der Waals surface area contributed by atoms with Crippen molar-refractivity contribution in [2.24, 2.45) is 0 Å². The minimum atomic E-state index is -0.795. The Kier molecular flexibility index (Phi) is 52.4. The van der Waals surface area contributed by atoms with Crippen molar-refractivity contribution in [3.8, 4) is 0 Å². The second kappa shape index (κ2) is 55.2. The van der Waals surface area contributed by atoms with E-state index in [0.717, 1.165) is 103 Å². The normalized spacial score (nSPS) is 12.7. The van der Waals surface area contributed by atoms with Crippen molar-refractivity contribution in [3.63, 3.8) is 0 Å². The zero-order chi connectivity index (χ0) is 48.6. The first-order valence-electron chi connectivity index (χ1n) is 28.2. The van der Waals surface area contributed by atoms with Gasteiger partial charge in [-0.2, -0.15) is 0 Å². The number of carbonyl (C=O) groups is 3. The van der Waals surface area contributed by atoms with Crippen LogP contribution in [0.4, 0.5) is 0 Å². The monoisotopic (exact) mass is 933 g/mol. The van der Waals surface area contributed by atoms with Crippen LogP contribution in [0.1, 0.15) is 265 Å². The first-order valence-corrected chi connectivity index (χ1v) is 28.2. The molecular weight excluding hydrogens is 829 g/mol. The average Bonchev–Trinajstić information content (AvgIpc) is 3.33. The molecule has 67 heavy (non-hydrogen) atoms. The fourth-order valence-electron chi connectivity index (χ4n) is 7.76. The van der Waals surface area contributed by atoms with Crippen LogP contribution in [0.2, 0.25) is 0 Å². The number of allylic oxidation sites excluding steroid dienone is 14. The molecule has 6 nitrogen and oxygen atoms in total. The summed E-state index contributed by atoms with van der Waals surface area (Å²) in [6.45, 7) is 6.52. The molecule has 0 heterocycles. The maximum atomic E-state index is 12.8. The van der Waals surface area contributed by atoms with Crippen LogP contribution in [0, 0.1) is 0 Å². The van der Waals surface area contributed by atoms with Crippen molar-refractivity contribution in [1.82, 2.24) is 0 Å². The highest BCUT2D eigenvalue weighted by Gasteiger charge is 2.19. The largest absolute Gasteiger partial charge is 0.462 e. The third-order valence-corrected chi connectivity index (χ3v) is 12.0. The highest BCUT2D eigenvalue weighted by atomic mass is 16.6. The van der Waals surface area contributed by atoms with Gasteiger partial charge >= 0.3 is 17.9 Å². The summed E-state index contributed by atoms with van der Waals surface area (Å²) in [5, 5.41) is 0. The molecule has 384 valence electrons. The van der Waals surface area contributed by atoms with Gasteiger partial charge in [0.05, 0.1) is 0 Å². The maximum Gasteiger partial charge on any atom is 0.306 e. The molecule has 0 aromatic carbocycles. The van der Waals surface area contributed by atoms with E-state index in [9.17, 15) is 14.4 Å². The number of ether oxygens (including phenoxy) is 3. The van der Waals surface area contributed by atoms with E-state index in [1.807, 2.05) is 24.3 Å². The van der Waals surface area contributed by atoms with Crippen LogP contribution in [0.5, 0.6) is 0 Å². The summed E-state index contributed by atoms with van der Waals surface area (Å²) in [6, 6.07) is 0. The zero-order valence-corrected chi connectivity index (χ0v) is 43.9. The summed E-state index contributed by atoms with van der Waals surface area (Å²) < 4.78 is 16.8. The molecule has 0 aliphatic rings. The highest BCUT2D eigenvalue weighted by Crippen LogP contribution is 2.15. The minimum absolute atomic E-state index is 0.0899. The van der Waals surface area contributed by atoms with Gasteiger partial charge in [0.1, 0.15) is 13.2 Å². The molecule has 1 atom stereocenters. The van der Waals surface area contributed by atoms with E-state index in [0.29, 0.717) is 19.3 Å². The van der Waals surface area contributed by atoms with Gasteiger partial charge in [0, 0.05) is 19.3 Å². The maximum absolute atomic E-state index is 12.8. The lowest BCUT2D eigenvalue weighted by Gasteiger charge is -2.18. The molecule has 0 aliphatic heterocycles. The van der Waals surface area contributed by atoms with Crippen molar-refractivity contribution < 1.29 is 28.6 Å². The molecule has 0 N–H and O–H groups in total. The van der Waals surface area contributed by atoms with Crippen molar-refractivity contribution in [2.45, 2.75) is 271 Å². The minimum Gasteiger partial charge on any atom is -0.462 e. The van der Waals surface area contributed by atoms with Gasteiger partial charge in [-0.3, -0.25) is 14.4 Å². The fourth-order valence-corrected chi connectivity index (χ4v) is 7.76. The van der Waals surface area contributed by atoms with Crippen LogP contribution in [0.25, 0.3) is 0 Å². The van der Waals surface area contributed by atoms with Gasteiger partial charge in [0.25, 0.3) is 0 Å². The molecular formula is C61H104O6. The number of esters is 3. The van der Waals surface area contributed by atoms with Crippen LogP contribution in [-0.2, 0) is 28.6 Å². The Hall–Kier alpha value is -3.41. The quantitative estimate of drug-likeness (QED) is 0.0262. The van der Waals surface area contributed by atoms with Crippen molar-refractivity contribution in [3.05, 3.63) is 85.1 Å². The van der Waals surface area contributed by atoms with Gasteiger partial charge in [-0.15, -0.1) is 0 Å². The van der Waals surface area contributed by atoms with Crippen LogP contribution in [0.15, 0.2) is 85.1 Å². The Labute approximate surface area is 414 Å². The Morgan fingerprint density at radius 2 is 0.567 bits per heavy atom. The summed E-state index contributed by atoms with van der Waals surface area (Å²) in [5.41, 5.74) is 0. The van der Waals surface area contributed by atoms with Gasteiger partial charge in [-0.1, -0.05) is 266 Å². The van der Waals surface area contributed by atoms with E-state index in [1.54, 1.807) is 0 Å². The van der Waals surface area contributed by atoms with Gasteiger partial charge in [0.15, 0.2) is 6.10 Å². The average molecular weight is 933 g/mol. The lowest BCUT2D eigenvalue weighted by Crippen LogP contribution is -2.30. The summed E-state index contributed by atoms with van der Waals surface area (Å²) >= 11 is 0. The molecule has 0 radical (unpaired) electrons. The Morgan fingerprint density at radius 1 is 0.299 bits per heavy atom. The van der Waals surface area contributed by atoms with Gasteiger partial charge in [-0.25, -0.2) is 0 Å². The molecule has 6 heteroatoms. The molecule has 0 fully saturated rings. The second-order valence-electron chi connectivity index (χ2n) is 18.6. The van der Waals surface area contributed by atoms with E-state index in [2.05, 4.69) is 81.5 Å². The van der Waals surface area contributed by atoms with Gasteiger partial charge < -0.3 is 14.2 Å². The Bertz CT molecular complexity index is 1300. The molecule has 0 bridgehead atoms. The lowest BCUT2D eigenvalue weighted by molar-refractivity contribution is -0.167. The number of unbranched alkanes of at least 4 members (excludes halogenated alkanes) is 30. The third kappa shape index (κ3) is 53.4. The predicted molar refractivity (Wildman–Crippen MR) is 288 cm³/mol. The standard InChI is InChI=1S/C61H104O6/c1-4-7-10-13-16-19-22-25-27-29-31-33-36-39-42-45-48-51-54-60(63)66-57-58(56-65-59(62)53-50-47-44-41-38-35-24-21-18-15-12-9-6-3)67-61(64)55-52-49-46-43-40-37-34-32-30-28-26-23-20-17-14-11-8-5-2/h10,13,16,19,22,25,27-34,58H,4-9,11-12,14-15,17-18,20-21,23-24,26,35-57H2,1-3H3/b13-10-,19-16-,25-22-,29-27-,30-28-,33-31-,34-32-. The lowest BCUT2D eigenvalue weighted by atomic mass is 10.0. The van der Waals surface area contributed by atoms with Crippen LogP contribution >= 0.6 is 0 Å². The van der Waals surface area contributed by atoms with E-state index in [-0.39, 0.29) is 31.1 Å². The van der Waals surface area contributed by atoms with Gasteiger partial charge in [0.2, 0.25) is 0 Å². The number of hydrogen-bond acceptors (Lipinski definition) is 6. The van der Waals surface area contributed by atoms with Crippen molar-refractivity contribution >= 4 is 17.9 Å². The fraction of sp³-hybridized carbons (Fsp3) is 0.721. The molecule has 0 saturated carbocycles. The summed E-state index contributed by atoms with van der Waals surface area (Å²) in [5.74, 6) is -0.925. The molecule has 0 aromatic heterocycles. The van der Waals surface area contributed by atoms with E-state index >= 15 is 0 Å². The molecule has 0 saturated heterocycles. The molecule has 0 aliphatic carbocycles. The third-order valence-electron chi connectivity index (χ3n) is 12.0. The zero-order valence-electron chi connectivity index (χ0n) is 43.9. The van der Waals surface area contributed by atoms with Crippen LogP contribution in [0.3, 0.4) is 0 Å². The summed E-state index contributed by atoms with van der Waals surface area (Å²) in [6.07, 6.45) is 71.3. The Balaban J connectivity index is 4.46. The first kappa shape index (κ1) is 63.6. The molecule has 0 spiro atoms. The molecule has 0 rings (SSSR count). The van der Waals surface area contributed by atoms with E-state index in [1.165, 1.54) is 122 Å². The van der Waals surface area contributed by atoms with Crippen molar-refractivity contribution in [2.75, 3.05) is 13.2 Å². The van der Waals surface area contributed by atoms with Gasteiger partial charge in [-0.05, 0) is 64.2 Å². The van der Waals surface area contributed by atoms with Crippen LogP contribution in [-0.4, -0.2) is 37.2 Å². The first-order chi connectivity index (χ1) is 33.0. The predicted octanol–water partition coefficient (Wildman–Crippen LogP) is 18.8. The summed E-state index contributed by atoms with van der Waals surface area (Å²) in [7, 11) is 0. The van der Waals surface area contributed by atoms with E-state index < -0.39 is 6.10 Å². The number of rotatable bonds is 50. The van der Waals surface area contributed by atoms with E-state index in [4.69, 9.17) is 14.2 Å². The van der Waals surface area contributed by atoms with Crippen LogP contribution < -0.4 is 0 Å². The number of carbonyl (C=O) groups excluding carboxylic acids is 3. The smallest absolute Gasteiger partial charge is 0.306 e. The highest BCUT2D eigenvalue weighted by molar-refractivity contribution is 5.71. The Morgan fingerprint density at radius 3 is 0.910 bits per heavy atom. The molecule has 0 amide bonds. The van der Waals surface area contributed by atoms with Crippen molar-refractivity contribution in [1.29, 1.82) is 0 Å². The molecule has 1 unspecified atom stereocenters. The summed E-state index contributed by atoms with van der Waals surface area (Å²) in [4.78, 5) is 38.1. The second-order valence-corrected chi connectivity index (χ2v) is 18.6. The number of hydrogen-bond donors (Lipinski definition) is 0. The molecule has 0 aromatic rings. The SMILES string of the molecule is CCC\C=C/C=C\C=C/C=C\C=C/CCCCCCCC(=O)OCC(COC(=O)CCCCCCCCCCCCCCC)OC(=O)CCCCCCC/C=C\C=C/CCCCCCCCC. The topological polar surface area (TPSA) is 78.9 Å².